The maximum atomic E-state index is 6.46. The fraction of sp³-hybridized carbons (Fsp3) is 0.0638. The molecule has 9 aromatic rings. The van der Waals surface area contributed by atoms with E-state index in [2.05, 4.69) is 176 Å². The molecule has 1 aliphatic carbocycles. The highest BCUT2D eigenvalue weighted by atomic mass is 16.3. The highest BCUT2D eigenvalue weighted by molar-refractivity contribution is 6.23. The molecule has 0 fully saturated rings. The number of anilines is 3. The number of rotatable bonds is 4. The van der Waals surface area contributed by atoms with Gasteiger partial charge in [-0.05, 0) is 110 Å². The second-order valence-electron chi connectivity index (χ2n) is 13.8. The van der Waals surface area contributed by atoms with Crippen LogP contribution in [0.15, 0.2) is 168 Å². The zero-order valence-electron chi connectivity index (χ0n) is 27.4. The second kappa shape index (κ2) is 10.4. The zero-order chi connectivity index (χ0) is 32.7. The van der Waals surface area contributed by atoms with Gasteiger partial charge in [-0.3, -0.25) is 0 Å². The monoisotopic (exact) mass is 627 g/mol. The van der Waals surface area contributed by atoms with Crippen LogP contribution in [0.5, 0.6) is 0 Å². The Balaban J connectivity index is 1.07. The Morgan fingerprint density at radius 1 is 0.449 bits per heavy atom. The van der Waals surface area contributed by atoms with Crippen molar-refractivity contribution in [1.82, 2.24) is 0 Å². The first-order chi connectivity index (χ1) is 24.0. The maximum absolute atomic E-state index is 6.46. The highest BCUT2D eigenvalue weighted by Crippen LogP contribution is 2.51. The van der Waals surface area contributed by atoms with Gasteiger partial charge in [0.05, 0.1) is 0 Å². The summed E-state index contributed by atoms with van der Waals surface area (Å²) in [5, 5.41) is 7.13. The van der Waals surface area contributed by atoms with Gasteiger partial charge in [0, 0.05) is 38.6 Å². The average molecular weight is 628 g/mol. The molecule has 49 heavy (non-hydrogen) atoms. The molecule has 0 atom stereocenters. The summed E-state index contributed by atoms with van der Waals surface area (Å²) in [6.45, 7) is 4.73. The van der Waals surface area contributed by atoms with Gasteiger partial charge in [0.25, 0.3) is 0 Å². The van der Waals surface area contributed by atoms with E-state index in [9.17, 15) is 0 Å². The van der Waals surface area contributed by atoms with Crippen molar-refractivity contribution in [3.63, 3.8) is 0 Å². The lowest BCUT2D eigenvalue weighted by atomic mass is 9.81. The molecule has 0 aliphatic heterocycles. The summed E-state index contributed by atoms with van der Waals surface area (Å²) < 4.78 is 6.46. The van der Waals surface area contributed by atoms with E-state index in [0.717, 1.165) is 33.6 Å². The molecular weight excluding hydrogens is 595 g/mol. The van der Waals surface area contributed by atoms with Gasteiger partial charge in [-0.2, -0.15) is 0 Å². The van der Waals surface area contributed by atoms with Crippen LogP contribution in [0.3, 0.4) is 0 Å². The van der Waals surface area contributed by atoms with Gasteiger partial charge < -0.3 is 9.32 Å². The number of para-hydroxylation sites is 3. The second-order valence-corrected chi connectivity index (χ2v) is 13.8. The summed E-state index contributed by atoms with van der Waals surface area (Å²) >= 11 is 0. The Labute approximate surface area is 285 Å². The standard InChI is InChI=1S/C47H33NO/c1-47(2)42-28-32(31-20-23-37-33(27-31)18-17-30-19-25-41-40-15-9-10-16-44(40)49-46(41)45(30)37)21-24-38(42)39-26-22-36(29-43(39)47)48(34-11-5-3-6-12-34)35-13-7-4-8-14-35/h3-29H,1-2H3. The fourth-order valence-corrected chi connectivity index (χ4v) is 8.15. The third-order valence-electron chi connectivity index (χ3n) is 10.6. The molecule has 0 N–H and O–H groups in total. The number of fused-ring (bicyclic) bond motifs is 10. The Kier molecular flexibility index (Phi) is 5.95. The molecule has 0 bridgehead atoms. The van der Waals surface area contributed by atoms with E-state index in [1.165, 1.54) is 60.3 Å². The van der Waals surface area contributed by atoms with Gasteiger partial charge in [-0.1, -0.05) is 117 Å². The molecule has 8 aromatic carbocycles. The van der Waals surface area contributed by atoms with Crippen LogP contribution in [0.1, 0.15) is 25.0 Å². The van der Waals surface area contributed by atoms with Crippen molar-refractivity contribution < 1.29 is 4.42 Å². The average Bonchev–Trinajstić information content (AvgIpc) is 3.64. The van der Waals surface area contributed by atoms with E-state index in [4.69, 9.17) is 4.42 Å². The van der Waals surface area contributed by atoms with Crippen molar-refractivity contribution >= 4 is 60.5 Å². The number of nitrogens with zero attached hydrogens (tertiary/aromatic N) is 1. The molecule has 0 saturated heterocycles. The van der Waals surface area contributed by atoms with Crippen LogP contribution in [0.4, 0.5) is 17.1 Å². The van der Waals surface area contributed by atoms with Gasteiger partial charge >= 0.3 is 0 Å². The summed E-state index contributed by atoms with van der Waals surface area (Å²) in [5.74, 6) is 0. The molecular formula is C47H33NO. The van der Waals surface area contributed by atoms with E-state index in [0.29, 0.717) is 0 Å². The zero-order valence-corrected chi connectivity index (χ0v) is 27.4. The predicted molar refractivity (Wildman–Crippen MR) is 206 cm³/mol. The first-order valence-corrected chi connectivity index (χ1v) is 17.0. The topological polar surface area (TPSA) is 16.4 Å². The van der Waals surface area contributed by atoms with Crippen LogP contribution in [-0.4, -0.2) is 0 Å². The minimum Gasteiger partial charge on any atom is -0.455 e. The highest BCUT2D eigenvalue weighted by Gasteiger charge is 2.36. The van der Waals surface area contributed by atoms with Crippen molar-refractivity contribution in [1.29, 1.82) is 0 Å². The Morgan fingerprint density at radius 2 is 1.04 bits per heavy atom. The van der Waals surface area contributed by atoms with Gasteiger partial charge in [0.15, 0.2) is 0 Å². The molecule has 0 amide bonds. The normalized spacial score (nSPS) is 13.3. The summed E-state index contributed by atoms with van der Waals surface area (Å²) in [7, 11) is 0. The molecule has 1 aliphatic rings. The molecule has 10 rings (SSSR count). The molecule has 1 aromatic heterocycles. The number of benzene rings is 8. The van der Waals surface area contributed by atoms with Gasteiger partial charge in [0.2, 0.25) is 0 Å². The van der Waals surface area contributed by atoms with E-state index >= 15 is 0 Å². The van der Waals surface area contributed by atoms with Crippen LogP contribution in [0.25, 0.3) is 65.7 Å². The van der Waals surface area contributed by atoms with Crippen molar-refractivity contribution in [3.8, 4) is 22.3 Å². The first kappa shape index (κ1) is 27.9. The third kappa shape index (κ3) is 4.20. The molecule has 0 unspecified atom stereocenters. The quantitative estimate of drug-likeness (QED) is 0.181. The number of furan rings is 1. The maximum Gasteiger partial charge on any atom is 0.143 e. The first-order valence-electron chi connectivity index (χ1n) is 17.0. The predicted octanol–water partition coefficient (Wildman–Crippen LogP) is 13.3. The molecule has 0 radical (unpaired) electrons. The summed E-state index contributed by atoms with van der Waals surface area (Å²) in [4.78, 5) is 2.35. The largest absolute Gasteiger partial charge is 0.455 e. The van der Waals surface area contributed by atoms with Crippen molar-refractivity contribution in [2.75, 3.05) is 4.90 Å². The van der Waals surface area contributed by atoms with Crippen LogP contribution in [0.2, 0.25) is 0 Å². The fourth-order valence-electron chi connectivity index (χ4n) is 8.15. The summed E-state index contributed by atoms with van der Waals surface area (Å²) in [5.41, 5.74) is 13.0. The Bertz CT molecular complexity index is 2700. The molecule has 1 heterocycles. The molecule has 232 valence electrons. The van der Waals surface area contributed by atoms with Gasteiger partial charge in [-0.25, -0.2) is 0 Å². The molecule has 2 heteroatoms. The minimum atomic E-state index is -0.157. The summed E-state index contributed by atoms with van der Waals surface area (Å²) in [6.07, 6.45) is 0. The van der Waals surface area contributed by atoms with Crippen molar-refractivity contribution in [3.05, 3.63) is 175 Å². The lowest BCUT2D eigenvalue weighted by Gasteiger charge is -2.28. The number of hydrogen-bond acceptors (Lipinski definition) is 2. The Hall–Kier alpha value is -6.12. The SMILES string of the molecule is CC1(C)c2cc(-c3ccc4c(ccc5ccc6c7ccccc7oc6c54)c3)ccc2-c2ccc(N(c3ccccc3)c3ccccc3)cc21. The molecule has 2 nitrogen and oxygen atoms in total. The minimum absolute atomic E-state index is 0.157. The van der Waals surface area contributed by atoms with E-state index < -0.39 is 0 Å². The van der Waals surface area contributed by atoms with Crippen LogP contribution in [0, 0.1) is 0 Å². The lowest BCUT2D eigenvalue weighted by molar-refractivity contribution is 0.660. The molecule has 0 spiro atoms. The number of hydrogen-bond donors (Lipinski definition) is 0. The smallest absolute Gasteiger partial charge is 0.143 e. The van der Waals surface area contributed by atoms with E-state index in [1.807, 2.05) is 6.07 Å². The third-order valence-corrected chi connectivity index (χ3v) is 10.6. The Morgan fingerprint density at radius 3 is 1.82 bits per heavy atom. The molecule has 0 saturated carbocycles. The van der Waals surface area contributed by atoms with Gasteiger partial charge in [-0.15, -0.1) is 0 Å². The van der Waals surface area contributed by atoms with Crippen molar-refractivity contribution in [2.24, 2.45) is 0 Å². The summed E-state index contributed by atoms with van der Waals surface area (Å²) in [6, 6.07) is 59.4. The van der Waals surface area contributed by atoms with E-state index in [-0.39, 0.29) is 5.41 Å². The van der Waals surface area contributed by atoms with Crippen LogP contribution >= 0.6 is 0 Å². The van der Waals surface area contributed by atoms with Crippen LogP contribution < -0.4 is 4.90 Å². The van der Waals surface area contributed by atoms with E-state index in [1.54, 1.807) is 0 Å². The lowest BCUT2D eigenvalue weighted by Crippen LogP contribution is -2.16. The van der Waals surface area contributed by atoms with Crippen molar-refractivity contribution in [2.45, 2.75) is 19.3 Å². The van der Waals surface area contributed by atoms with Gasteiger partial charge in [0.1, 0.15) is 11.2 Å². The van der Waals surface area contributed by atoms with Crippen LogP contribution in [-0.2, 0) is 5.41 Å².